The fraction of sp³-hybridized carbons (Fsp3) is 0.448. The summed E-state index contributed by atoms with van der Waals surface area (Å²) >= 11 is 0. The lowest BCUT2D eigenvalue weighted by atomic mass is 9.63. The summed E-state index contributed by atoms with van der Waals surface area (Å²) in [4.78, 5) is 15.4. The molecule has 0 radical (unpaired) electrons. The number of hydrogen-bond donors (Lipinski definition) is 0. The van der Waals surface area contributed by atoms with Gasteiger partial charge in [0, 0.05) is 16.8 Å². The van der Waals surface area contributed by atoms with E-state index in [4.69, 9.17) is 9.97 Å². The molecule has 0 fully saturated rings. The molecule has 0 bridgehead atoms. The Morgan fingerprint density at radius 3 is 1.97 bits per heavy atom. The predicted molar refractivity (Wildman–Crippen MR) is 138 cm³/mol. The maximum Gasteiger partial charge on any atom is 0.178 e. The Morgan fingerprint density at radius 1 is 0.788 bits per heavy atom. The van der Waals surface area contributed by atoms with Crippen LogP contribution in [0.2, 0.25) is 0 Å². The van der Waals surface area contributed by atoms with E-state index in [1.165, 1.54) is 16.9 Å². The van der Waals surface area contributed by atoms with Crippen molar-refractivity contribution in [2.24, 2.45) is 11.3 Å². The first-order valence-electron chi connectivity index (χ1n) is 12.6. The molecule has 0 amide bonds. The highest BCUT2D eigenvalue weighted by molar-refractivity contribution is 5.85. The summed E-state index contributed by atoms with van der Waals surface area (Å²) in [5, 5.41) is 0. The summed E-state index contributed by atoms with van der Waals surface area (Å²) < 4.78 is 0. The van der Waals surface area contributed by atoms with Crippen LogP contribution < -0.4 is 9.80 Å². The van der Waals surface area contributed by atoms with Crippen molar-refractivity contribution in [3.63, 3.8) is 0 Å². The Kier molecular flexibility index (Phi) is 5.43. The molecule has 0 aliphatic carbocycles. The van der Waals surface area contributed by atoms with Gasteiger partial charge >= 0.3 is 0 Å². The van der Waals surface area contributed by atoms with E-state index < -0.39 is 0 Å². The topological polar surface area (TPSA) is 32.3 Å². The Labute approximate surface area is 198 Å². The van der Waals surface area contributed by atoms with Crippen molar-refractivity contribution >= 4 is 23.0 Å². The van der Waals surface area contributed by atoms with Crippen LogP contribution >= 0.6 is 0 Å². The largest absolute Gasteiger partial charge is 0.301 e. The van der Waals surface area contributed by atoms with Crippen molar-refractivity contribution in [3.05, 3.63) is 71.5 Å². The third-order valence-corrected chi connectivity index (χ3v) is 8.63. The Morgan fingerprint density at radius 2 is 1.36 bits per heavy atom. The van der Waals surface area contributed by atoms with Crippen LogP contribution in [-0.2, 0) is 0 Å². The quantitative estimate of drug-likeness (QED) is 0.417. The molecular formula is C29H36N4. The van der Waals surface area contributed by atoms with E-state index in [0.29, 0.717) is 11.8 Å². The molecule has 33 heavy (non-hydrogen) atoms. The monoisotopic (exact) mass is 440 g/mol. The summed E-state index contributed by atoms with van der Waals surface area (Å²) in [7, 11) is 0. The highest BCUT2D eigenvalue weighted by atomic mass is 15.5. The van der Waals surface area contributed by atoms with E-state index >= 15 is 0 Å². The third kappa shape index (κ3) is 3.03. The SMILES string of the molecule is CCC1c2ccccc2N2c3nc(C)c(C)nc3N(c3ccccc3)C2C(CC)(CC)C1C. The lowest BCUT2D eigenvalue weighted by Crippen LogP contribution is -2.54. The second-order valence-corrected chi connectivity index (χ2v) is 9.79. The van der Waals surface area contributed by atoms with Gasteiger partial charge in [-0.2, -0.15) is 0 Å². The van der Waals surface area contributed by atoms with Crippen LogP contribution in [0.3, 0.4) is 0 Å². The molecule has 0 saturated heterocycles. The average Bonchev–Trinajstić information content (AvgIpc) is 3.11. The molecule has 172 valence electrons. The van der Waals surface area contributed by atoms with Gasteiger partial charge in [-0.1, -0.05) is 64.1 Å². The van der Waals surface area contributed by atoms with Gasteiger partial charge in [0.2, 0.25) is 0 Å². The summed E-state index contributed by atoms with van der Waals surface area (Å²) in [6.45, 7) is 13.8. The number of hydrogen-bond acceptors (Lipinski definition) is 4. The second-order valence-electron chi connectivity index (χ2n) is 9.79. The van der Waals surface area contributed by atoms with Crippen molar-refractivity contribution in [2.75, 3.05) is 9.80 Å². The molecule has 0 saturated carbocycles. The van der Waals surface area contributed by atoms with Crippen LogP contribution in [0.5, 0.6) is 0 Å². The van der Waals surface area contributed by atoms with Crippen molar-refractivity contribution in [2.45, 2.75) is 72.9 Å². The summed E-state index contributed by atoms with van der Waals surface area (Å²) in [5.41, 5.74) is 6.00. The summed E-state index contributed by atoms with van der Waals surface area (Å²) in [6.07, 6.45) is 3.47. The zero-order valence-corrected chi connectivity index (χ0v) is 20.8. The lowest BCUT2D eigenvalue weighted by Gasteiger charge is -2.49. The maximum absolute atomic E-state index is 5.19. The molecule has 4 heteroatoms. The van der Waals surface area contributed by atoms with E-state index in [1.54, 1.807) is 0 Å². The average molecular weight is 441 g/mol. The molecule has 1 aromatic heterocycles. The Hall–Kier alpha value is -2.88. The highest BCUT2D eigenvalue weighted by Gasteiger charge is 2.56. The number of benzene rings is 2. The van der Waals surface area contributed by atoms with Gasteiger partial charge in [-0.25, -0.2) is 9.97 Å². The maximum atomic E-state index is 5.19. The van der Waals surface area contributed by atoms with Crippen LogP contribution in [0.15, 0.2) is 54.6 Å². The molecule has 3 unspecified atom stereocenters. The van der Waals surface area contributed by atoms with Crippen molar-refractivity contribution in [3.8, 4) is 0 Å². The summed E-state index contributed by atoms with van der Waals surface area (Å²) in [5.74, 6) is 3.00. The molecule has 3 heterocycles. The van der Waals surface area contributed by atoms with Gasteiger partial charge in [-0.05, 0) is 68.7 Å². The zero-order valence-electron chi connectivity index (χ0n) is 20.8. The number of rotatable bonds is 4. The van der Waals surface area contributed by atoms with E-state index in [0.717, 1.165) is 42.3 Å². The summed E-state index contributed by atoms with van der Waals surface area (Å²) in [6, 6.07) is 19.8. The molecule has 5 rings (SSSR count). The minimum atomic E-state index is 0.0692. The predicted octanol–water partition coefficient (Wildman–Crippen LogP) is 7.66. The van der Waals surface area contributed by atoms with E-state index in [9.17, 15) is 0 Å². The fourth-order valence-electron chi connectivity index (χ4n) is 6.62. The number of fused-ring (bicyclic) bond motifs is 5. The molecule has 0 N–H and O–H groups in total. The molecule has 3 aromatic rings. The first-order chi connectivity index (χ1) is 16.0. The molecule has 2 aliphatic heterocycles. The van der Waals surface area contributed by atoms with Crippen LogP contribution in [0.25, 0.3) is 0 Å². The number of anilines is 4. The van der Waals surface area contributed by atoms with E-state index in [1.807, 2.05) is 0 Å². The number of para-hydroxylation sites is 2. The molecule has 4 nitrogen and oxygen atoms in total. The van der Waals surface area contributed by atoms with Gasteiger partial charge in [0.1, 0.15) is 6.17 Å². The van der Waals surface area contributed by atoms with Gasteiger partial charge in [0.15, 0.2) is 11.6 Å². The number of aromatic nitrogens is 2. The van der Waals surface area contributed by atoms with Gasteiger partial charge in [0.05, 0.1) is 11.4 Å². The minimum Gasteiger partial charge on any atom is -0.301 e. The normalized spacial score (nSPS) is 23.0. The zero-order chi connectivity index (χ0) is 23.3. The number of aryl methyl sites for hydroxylation is 2. The molecule has 0 spiro atoms. The molecule has 2 aliphatic rings. The van der Waals surface area contributed by atoms with E-state index in [2.05, 4.69) is 106 Å². The van der Waals surface area contributed by atoms with Gasteiger partial charge in [-0.3, -0.25) is 0 Å². The smallest absolute Gasteiger partial charge is 0.178 e. The highest BCUT2D eigenvalue weighted by Crippen LogP contribution is 2.61. The van der Waals surface area contributed by atoms with Crippen molar-refractivity contribution < 1.29 is 0 Å². The third-order valence-electron chi connectivity index (χ3n) is 8.63. The van der Waals surface area contributed by atoms with Crippen molar-refractivity contribution in [1.29, 1.82) is 0 Å². The molecule has 3 atom stereocenters. The molecular weight excluding hydrogens is 404 g/mol. The second kappa shape index (κ2) is 8.16. The van der Waals surface area contributed by atoms with E-state index in [-0.39, 0.29) is 11.6 Å². The van der Waals surface area contributed by atoms with Crippen LogP contribution in [0.4, 0.5) is 23.0 Å². The minimum absolute atomic E-state index is 0.0692. The van der Waals surface area contributed by atoms with Crippen LogP contribution in [0.1, 0.15) is 69.8 Å². The fourth-order valence-corrected chi connectivity index (χ4v) is 6.62. The Balaban J connectivity index is 1.89. The molecule has 2 aromatic carbocycles. The van der Waals surface area contributed by atoms with Crippen molar-refractivity contribution in [1.82, 2.24) is 9.97 Å². The first-order valence-corrected chi connectivity index (χ1v) is 12.6. The van der Waals surface area contributed by atoms with Crippen LogP contribution in [-0.4, -0.2) is 16.1 Å². The number of nitrogens with zero attached hydrogens (tertiary/aromatic N) is 4. The van der Waals surface area contributed by atoms with Gasteiger partial charge in [-0.15, -0.1) is 0 Å². The van der Waals surface area contributed by atoms with Crippen LogP contribution in [0, 0.1) is 25.2 Å². The lowest BCUT2D eigenvalue weighted by molar-refractivity contribution is 0.101. The standard InChI is InChI=1S/C29H36N4/c1-7-23-19(4)29(8-2,9-3)28-32(22-15-11-10-12-16-22)26-27(31-21(6)20(5)30-26)33(28)25-18-14-13-17-24(23)25/h10-19,23,28H,7-9H2,1-6H3. The van der Waals surface area contributed by atoms with Gasteiger partial charge < -0.3 is 9.80 Å². The van der Waals surface area contributed by atoms with Gasteiger partial charge in [0.25, 0.3) is 0 Å². The Bertz CT molecular complexity index is 1150. The first kappa shape index (κ1) is 21.9.